The lowest BCUT2D eigenvalue weighted by Crippen LogP contribution is -2.39. The molecule has 1 aliphatic carbocycles. The van der Waals surface area contributed by atoms with E-state index in [1.54, 1.807) is 21.1 Å². The lowest BCUT2D eigenvalue weighted by atomic mass is 10.1. The smallest absolute Gasteiger partial charge is 0.251 e. The summed E-state index contributed by atoms with van der Waals surface area (Å²) < 4.78 is 10.5. The Bertz CT molecular complexity index is 443. The molecule has 1 aromatic rings. The van der Waals surface area contributed by atoms with Gasteiger partial charge in [-0.05, 0) is 25.8 Å². The number of benzene rings is 1. The van der Waals surface area contributed by atoms with Crippen LogP contribution in [0.3, 0.4) is 0 Å². The van der Waals surface area contributed by atoms with Gasteiger partial charge in [0.05, 0.1) is 7.11 Å². The van der Waals surface area contributed by atoms with Gasteiger partial charge in [0.1, 0.15) is 11.9 Å². The van der Waals surface area contributed by atoms with Crippen LogP contribution in [0.25, 0.3) is 0 Å². The number of amides is 1. The molecule has 0 radical (unpaired) electrons. The van der Waals surface area contributed by atoms with Crippen molar-refractivity contribution in [2.24, 2.45) is 0 Å². The molecule has 1 atom stereocenters. The fourth-order valence-electron chi connectivity index (χ4n) is 2.12. The molecule has 0 spiro atoms. The first-order valence-electron chi connectivity index (χ1n) is 6.62. The van der Waals surface area contributed by atoms with Gasteiger partial charge in [0.2, 0.25) is 0 Å². The van der Waals surface area contributed by atoms with Gasteiger partial charge in [-0.2, -0.15) is 0 Å². The highest BCUT2D eigenvalue weighted by Gasteiger charge is 2.34. The van der Waals surface area contributed by atoms with E-state index in [1.807, 2.05) is 29.2 Å². The molecule has 104 valence electrons. The van der Waals surface area contributed by atoms with E-state index < -0.39 is 6.10 Å². The number of hydrogen-bond acceptors (Lipinski definition) is 3. The topological polar surface area (TPSA) is 38.8 Å². The molecule has 0 N–H and O–H groups in total. The van der Waals surface area contributed by atoms with Crippen molar-refractivity contribution in [1.82, 2.24) is 4.90 Å². The van der Waals surface area contributed by atoms with Gasteiger partial charge in [0, 0.05) is 25.3 Å². The molecular formula is C15H21NO3. The van der Waals surface area contributed by atoms with E-state index in [1.165, 1.54) is 0 Å². The van der Waals surface area contributed by atoms with Crippen molar-refractivity contribution in [3.63, 3.8) is 0 Å². The van der Waals surface area contributed by atoms with Gasteiger partial charge in [0.25, 0.3) is 5.91 Å². The minimum absolute atomic E-state index is 0.0518. The van der Waals surface area contributed by atoms with Gasteiger partial charge < -0.3 is 14.4 Å². The molecule has 0 heterocycles. The Morgan fingerprint density at radius 2 is 2.05 bits per heavy atom. The van der Waals surface area contributed by atoms with Crippen LogP contribution >= 0.6 is 0 Å². The molecule has 19 heavy (non-hydrogen) atoms. The number of carbonyl (C=O) groups is 1. The zero-order chi connectivity index (χ0) is 13.8. The number of rotatable bonds is 6. The molecule has 0 bridgehead atoms. The highest BCUT2D eigenvalue weighted by molar-refractivity contribution is 5.81. The summed E-state index contributed by atoms with van der Waals surface area (Å²) in [7, 11) is 3.22. The Balaban J connectivity index is 2.14. The van der Waals surface area contributed by atoms with Crippen LogP contribution in [0.2, 0.25) is 0 Å². The number of methoxy groups -OCH3 is 2. The molecule has 1 fully saturated rings. The Kier molecular flexibility index (Phi) is 4.43. The third-order valence-corrected chi connectivity index (χ3v) is 3.51. The van der Waals surface area contributed by atoms with Crippen LogP contribution in [0.1, 0.15) is 25.3 Å². The highest BCUT2D eigenvalue weighted by atomic mass is 16.5. The average Bonchev–Trinajstić information content (AvgIpc) is 3.28. The lowest BCUT2D eigenvalue weighted by Gasteiger charge is -2.26. The standard InChI is InChI=1S/C15H21NO3/c1-11(18-2)15(17)16(13-8-9-13)10-12-6-4-5-7-14(12)19-3/h4-7,11,13H,8-10H2,1-3H3. The molecule has 1 amide bonds. The van der Waals surface area contributed by atoms with E-state index in [2.05, 4.69) is 0 Å². The summed E-state index contributed by atoms with van der Waals surface area (Å²) in [5.41, 5.74) is 1.04. The molecule has 1 saturated carbocycles. The minimum atomic E-state index is -0.393. The van der Waals surface area contributed by atoms with E-state index in [4.69, 9.17) is 9.47 Å². The number of hydrogen-bond donors (Lipinski definition) is 0. The third kappa shape index (κ3) is 3.26. The highest BCUT2D eigenvalue weighted by Crippen LogP contribution is 2.31. The summed E-state index contributed by atoms with van der Waals surface area (Å²) >= 11 is 0. The first kappa shape index (κ1) is 13.9. The van der Waals surface area contributed by atoms with Crippen molar-refractivity contribution >= 4 is 5.91 Å². The molecular weight excluding hydrogens is 242 g/mol. The molecule has 2 rings (SSSR count). The van der Waals surface area contributed by atoms with Gasteiger partial charge in [-0.25, -0.2) is 0 Å². The molecule has 4 heteroatoms. The second-order valence-corrected chi connectivity index (χ2v) is 4.89. The van der Waals surface area contributed by atoms with Gasteiger partial charge >= 0.3 is 0 Å². The van der Waals surface area contributed by atoms with Crippen LogP contribution in [0.5, 0.6) is 5.75 Å². The van der Waals surface area contributed by atoms with Crippen molar-refractivity contribution < 1.29 is 14.3 Å². The number of nitrogens with zero attached hydrogens (tertiary/aromatic N) is 1. The Morgan fingerprint density at radius 3 is 2.63 bits per heavy atom. The van der Waals surface area contributed by atoms with Crippen LogP contribution in [-0.4, -0.2) is 37.2 Å². The van der Waals surface area contributed by atoms with Gasteiger partial charge in [-0.1, -0.05) is 18.2 Å². The lowest BCUT2D eigenvalue weighted by molar-refractivity contribution is -0.142. The number of ether oxygens (including phenoxy) is 2. The Morgan fingerprint density at radius 1 is 1.37 bits per heavy atom. The van der Waals surface area contributed by atoms with E-state index in [-0.39, 0.29) is 5.91 Å². The molecule has 1 unspecified atom stereocenters. The van der Waals surface area contributed by atoms with Crippen LogP contribution in [0, 0.1) is 0 Å². The first-order valence-corrected chi connectivity index (χ1v) is 6.62. The summed E-state index contributed by atoms with van der Waals surface area (Å²) in [6.45, 7) is 2.38. The summed E-state index contributed by atoms with van der Waals surface area (Å²) in [5, 5.41) is 0. The van der Waals surface area contributed by atoms with E-state index in [9.17, 15) is 4.79 Å². The van der Waals surface area contributed by atoms with E-state index in [0.717, 1.165) is 24.2 Å². The van der Waals surface area contributed by atoms with Crippen molar-refractivity contribution in [3.8, 4) is 5.75 Å². The van der Waals surface area contributed by atoms with Crippen LogP contribution < -0.4 is 4.74 Å². The maximum absolute atomic E-state index is 12.3. The predicted octanol–water partition coefficient (Wildman–Crippen LogP) is 2.22. The van der Waals surface area contributed by atoms with Crippen LogP contribution in [0.15, 0.2) is 24.3 Å². The first-order chi connectivity index (χ1) is 9.17. The average molecular weight is 263 g/mol. The summed E-state index contributed by atoms with van der Waals surface area (Å²) in [5.74, 6) is 0.877. The summed E-state index contributed by atoms with van der Waals surface area (Å²) in [4.78, 5) is 14.2. The minimum Gasteiger partial charge on any atom is -0.496 e. The molecule has 0 aromatic heterocycles. The Hall–Kier alpha value is -1.55. The van der Waals surface area contributed by atoms with Crippen molar-refractivity contribution in [2.45, 2.75) is 38.5 Å². The zero-order valence-electron chi connectivity index (χ0n) is 11.8. The number of para-hydroxylation sites is 1. The quantitative estimate of drug-likeness (QED) is 0.790. The van der Waals surface area contributed by atoms with E-state index in [0.29, 0.717) is 12.6 Å². The van der Waals surface area contributed by atoms with Gasteiger partial charge in [-0.3, -0.25) is 4.79 Å². The second kappa shape index (κ2) is 6.06. The summed E-state index contributed by atoms with van der Waals surface area (Å²) in [6, 6.07) is 8.18. The predicted molar refractivity (Wildman–Crippen MR) is 73.0 cm³/mol. The largest absolute Gasteiger partial charge is 0.496 e. The molecule has 1 aliphatic rings. The summed E-state index contributed by atoms with van der Waals surface area (Å²) in [6.07, 6.45) is 1.77. The fraction of sp³-hybridized carbons (Fsp3) is 0.533. The molecule has 0 saturated heterocycles. The molecule has 0 aliphatic heterocycles. The second-order valence-electron chi connectivity index (χ2n) is 4.89. The monoisotopic (exact) mass is 263 g/mol. The number of carbonyl (C=O) groups excluding carboxylic acids is 1. The van der Waals surface area contributed by atoms with Crippen molar-refractivity contribution in [3.05, 3.63) is 29.8 Å². The maximum atomic E-state index is 12.3. The maximum Gasteiger partial charge on any atom is 0.251 e. The van der Waals surface area contributed by atoms with E-state index >= 15 is 0 Å². The zero-order valence-corrected chi connectivity index (χ0v) is 11.8. The van der Waals surface area contributed by atoms with Gasteiger partial charge in [-0.15, -0.1) is 0 Å². The van der Waals surface area contributed by atoms with Crippen LogP contribution in [-0.2, 0) is 16.1 Å². The third-order valence-electron chi connectivity index (χ3n) is 3.51. The van der Waals surface area contributed by atoms with Gasteiger partial charge in [0.15, 0.2) is 0 Å². The molecule has 4 nitrogen and oxygen atoms in total. The Labute approximate surface area is 114 Å². The van der Waals surface area contributed by atoms with Crippen molar-refractivity contribution in [2.75, 3.05) is 14.2 Å². The SMILES string of the molecule is COc1ccccc1CN(C(=O)C(C)OC)C1CC1. The van der Waals surface area contributed by atoms with Crippen LogP contribution in [0.4, 0.5) is 0 Å². The molecule has 1 aromatic carbocycles. The van der Waals surface area contributed by atoms with Crippen molar-refractivity contribution in [1.29, 1.82) is 0 Å². The normalized spacial score (nSPS) is 15.9. The fourth-order valence-corrected chi connectivity index (χ4v) is 2.12.